The van der Waals surface area contributed by atoms with Gasteiger partial charge < -0.3 is 4.74 Å². The number of carbonyl (C=O) groups excluding carboxylic acids is 1. The average Bonchev–Trinajstić information content (AvgIpc) is 2.65. The minimum atomic E-state index is -0.228. The van der Waals surface area contributed by atoms with Gasteiger partial charge in [-0.1, -0.05) is 13.8 Å². The lowest BCUT2D eigenvalue weighted by Crippen LogP contribution is -2.35. The van der Waals surface area contributed by atoms with Crippen molar-refractivity contribution in [3.63, 3.8) is 0 Å². The van der Waals surface area contributed by atoms with E-state index in [0.29, 0.717) is 23.9 Å². The van der Waals surface area contributed by atoms with Crippen LogP contribution in [0.15, 0.2) is 0 Å². The third kappa shape index (κ3) is 1.84. The van der Waals surface area contributed by atoms with Gasteiger partial charge in [-0.25, -0.2) is 4.42 Å². The van der Waals surface area contributed by atoms with Crippen LogP contribution in [0.25, 0.3) is 0 Å². The Balaban J connectivity index is 2.14. The fourth-order valence-electron chi connectivity index (χ4n) is 3.29. The molecule has 0 unspecified atom stereocenters. The lowest BCUT2D eigenvalue weighted by Gasteiger charge is -2.25. The molecule has 0 aromatic heterocycles. The molecule has 2 rings (SSSR count). The van der Waals surface area contributed by atoms with Crippen molar-refractivity contribution < 1.29 is 9.53 Å². The van der Waals surface area contributed by atoms with Crippen molar-refractivity contribution in [2.24, 2.45) is 17.3 Å². The van der Waals surface area contributed by atoms with Crippen LogP contribution in [0.4, 0.5) is 0 Å². The number of hydrogen-bond acceptors (Lipinski definition) is 3. The van der Waals surface area contributed by atoms with E-state index in [1.165, 1.54) is 6.42 Å². The van der Waals surface area contributed by atoms with Gasteiger partial charge in [-0.05, 0) is 48.8 Å². The molecule has 1 heterocycles. The molecule has 3 atom stereocenters. The number of rotatable bonds is 2. The van der Waals surface area contributed by atoms with Crippen LogP contribution < -0.4 is 0 Å². The van der Waals surface area contributed by atoms with E-state index in [9.17, 15) is 4.79 Å². The molecule has 1 saturated heterocycles. The first-order chi connectivity index (χ1) is 7.47. The number of ether oxygens (including phenoxy) is 1. The zero-order valence-electron chi connectivity index (χ0n) is 10.2. The molecule has 2 fully saturated rings. The van der Waals surface area contributed by atoms with E-state index in [4.69, 9.17) is 16.5 Å². The molecule has 92 valence electrons. The second kappa shape index (κ2) is 4.19. The van der Waals surface area contributed by atoms with E-state index >= 15 is 0 Å². The van der Waals surface area contributed by atoms with E-state index < -0.39 is 0 Å². The van der Waals surface area contributed by atoms with Crippen LogP contribution in [-0.4, -0.2) is 29.6 Å². The summed E-state index contributed by atoms with van der Waals surface area (Å²) < 4.78 is 6.77. The predicted octanol–water partition coefficient (Wildman–Crippen LogP) is 2.44. The minimum Gasteiger partial charge on any atom is -0.465 e. The van der Waals surface area contributed by atoms with Crippen molar-refractivity contribution in [1.82, 2.24) is 4.42 Å². The molecular formula is C12H20ClNO2. The summed E-state index contributed by atoms with van der Waals surface area (Å²) in [5, 5.41) is 0. The van der Waals surface area contributed by atoms with Crippen molar-refractivity contribution in [3.8, 4) is 0 Å². The van der Waals surface area contributed by atoms with Gasteiger partial charge >= 0.3 is 5.97 Å². The quantitative estimate of drug-likeness (QED) is 0.553. The molecule has 1 aliphatic carbocycles. The van der Waals surface area contributed by atoms with Crippen molar-refractivity contribution >= 4 is 17.7 Å². The lowest BCUT2D eigenvalue weighted by molar-refractivity contribution is -0.148. The molecule has 0 aromatic carbocycles. The fourth-order valence-corrected chi connectivity index (χ4v) is 3.66. The summed E-state index contributed by atoms with van der Waals surface area (Å²) >= 11 is 6.17. The number of carbonyl (C=O) groups is 1. The van der Waals surface area contributed by atoms with Gasteiger partial charge in [0.25, 0.3) is 0 Å². The Kier molecular flexibility index (Phi) is 3.19. The maximum atomic E-state index is 11.9. The highest BCUT2D eigenvalue weighted by Gasteiger charge is 2.54. The standard InChI is InChI=1S/C12H20ClNO2/c1-4-16-11(15)10-8-5-6-12(2,3)9(8)7-14(10)13/h8-10H,4-7H2,1-3H3/t8-,9-,10-/m0/s1. The van der Waals surface area contributed by atoms with E-state index in [-0.39, 0.29) is 12.0 Å². The highest BCUT2D eigenvalue weighted by atomic mass is 35.5. The van der Waals surface area contributed by atoms with Crippen LogP contribution in [0.3, 0.4) is 0 Å². The van der Waals surface area contributed by atoms with Crippen molar-refractivity contribution in [1.29, 1.82) is 0 Å². The predicted molar refractivity (Wildman–Crippen MR) is 63.0 cm³/mol. The molecule has 1 aliphatic heterocycles. The SMILES string of the molecule is CCOC(=O)[C@@H]1[C@H]2CCC(C)(C)[C@H]2CN1Cl. The highest BCUT2D eigenvalue weighted by molar-refractivity contribution is 6.15. The minimum absolute atomic E-state index is 0.150. The summed E-state index contributed by atoms with van der Waals surface area (Å²) in [6.07, 6.45) is 2.27. The van der Waals surface area contributed by atoms with E-state index in [1.807, 2.05) is 6.92 Å². The Bertz CT molecular complexity index is 293. The van der Waals surface area contributed by atoms with Crippen molar-refractivity contribution in [3.05, 3.63) is 0 Å². The Morgan fingerprint density at radius 2 is 2.25 bits per heavy atom. The largest absolute Gasteiger partial charge is 0.465 e. The first kappa shape index (κ1) is 12.2. The summed E-state index contributed by atoms with van der Waals surface area (Å²) in [4.78, 5) is 11.9. The maximum absolute atomic E-state index is 11.9. The van der Waals surface area contributed by atoms with Gasteiger partial charge in [0.15, 0.2) is 0 Å². The zero-order valence-corrected chi connectivity index (χ0v) is 11.0. The van der Waals surface area contributed by atoms with Crippen LogP contribution in [0.5, 0.6) is 0 Å². The van der Waals surface area contributed by atoms with Gasteiger partial charge in [-0.3, -0.25) is 4.79 Å². The Hall–Kier alpha value is -0.280. The van der Waals surface area contributed by atoms with Crippen LogP contribution in [0, 0.1) is 17.3 Å². The van der Waals surface area contributed by atoms with Crippen LogP contribution in [0.2, 0.25) is 0 Å². The molecule has 0 amide bonds. The van der Waals surface area contributed by atoms with Crippen LogP contribution in [-0.2, 0) is 9.53 Å². The normalized spacial score (nSPS) is 37.4. The zero-order chi connectivity index (χ0) is 11.9. The second-order valence-electron chi connectivity index (χ2n) is 5.58. The van der Waals surface area contributed by atoms with Crippen molar-refractivity contribution in [2.45, 2.75) is 39.7 Å². The second-order valence-corrected chi connectivity index (χ2v) is 6.01. The Labute approximate surface area is 102 Å². The topological polar surface area (TPSA) is 29.5 Å². The maximum Gasteiger partial charge on any atom is 0.324 e. The summed E-state index contributed by atoms with van der Waals surface area (Å²) in [6, 6.07) is -0.228. The molecule has 1 saturated carbocycles. The number of fused-ring (bicyclic) bond motifs is 1. The molecule has 4 heteroatoms. The van der Waals surface area contributed by atoms with Crippen LogP contribution in [0.1, 0.15) is 33.6 Å². The number of hydrogen-bond donors (Lipinski definition) is 0. The molecule has 0 aromatic rings. The van der Waals surface area contributed by atoms with E-state index in [1.54, 1.807) is 4.42 Å². The molecular weight excluding hydrogens is 226 g/mol. The first-order valence-electron chi connectivity index (χ1n) is 6.06. The van der Waals surface area contributed by atoms with Gasteiger partial charge in [0.2, 0.25) is 0 Å². The highest BCUT2D eigenvalue weighted by Crippen LogP contribution is 2.53. The Morgan fingerprint density at radius 3 is 2.88 bits per heavy atom. The van der Waals surface area contributed by atoms with Gasteiger partial charge in [-0.2, -0.15) is 0 Å². The van der Waals surface area contributed by atoms with E-state index in [2.05, 4.69) is 13.8 Å². The third-order valence-corrected chi connectivity index (χ3v) is 4.60. The molecule has 2 aliphatic rings. The first-order valence-corrected chi connectivity index (χ1v) is 6.40. The fraction of sp³-hybridized carbons (Fsp3) is 0.917. The van der Waals surface area contributed by atoms with Crippen molar-refractivity contribution in [2.75, 3.05) is 13.2 Å². The van der Waals surface area contributed by atoms with E-state index in [0.717, 1.165) is 13.0 Å². The van der Waals surface area contributed by atoms with Gasteiger partial charge in [0, 0.05) is 6.54 Å². The molecule has 0 N–H and O–H groups in total. The van der Waals surface area contributed by atoms with Gasteiger partial charge in [-0.15, -0.1) is 0 Å². The monoisotopic (exact) mass is 245 g/mol. The molecule has 0 bridgehead atoms. The Morgan fingerprint density at radius 1 is 1.56 bits per heavy atom. The lowest BCUT2D eigenvalue weighted by atomic mass is 9.79. The molecule has 16 heavy (non-hydrogen) atoms. The number of halogens is 1. The number of nitrogens with zero attached hydrogens (tertiary/aromatic N) is 1. The summed E-state index contributed by atoms with van der Waals surface area (Å²) in [5.74, 6) is 0.758. The summed E-state index contributed by atoms with van der Waals surface area (Å²) in [5.41, 5.74) is 0.305. The van der Waals surface area contributed by atoms with Crippen LogP contribution >= 0.6 is 11.8 Å². The average molecular weight is 246 g/mol. The van der Waals surface area contributed by atoms with Gasteiger partial charge in [0.05, 0.1) is 6.61 Å². The third-order valence-electron chi connectivity index (χ3n) is 4.25. The molecule has 0 radical (unpaired) electrons. The van der Waals surface area contributed by atoms with Gasteiger partial charge in [0.1, 0.15) is 6.04 Å². The molecule has 0 spiro atoms. The smallest absolute Gasteiger partial charge is 0.324 e. The number of esters is 1. The summed E-state index contributed by atoms with van der Waals surface area (Å²) in [6.45, 7) is 7.62. The molecule has 3 nitrogen and oxygen atoms in total. The summed E-state index contributed by atoms with van der Waals surface area (Å²) in [7, 11) is 0.